The molecule has 0 saturated carbocycles. The van der Waals surface area contributed by atoms with Crippen molar-refractivity contribution < 1.29 is 9.69 Å². The molecule has 2 N–H and O–H groups in total. The van der Waals surface area contributed by atoms with Gasteiger partial charge in [0.25, 0.3) is 5.91 Å². The zero-order valence-electron chi connectivity index (χ0n) is 17.2. The van der Waals surface area contributed by atoms with Crippen LogP contribution >= 0.6 is 0 Å². The van der Waals surface area contributed by atoms with Crippen LogP contribution in [0.15, 0.2) is 36.4 Å². The lowest BCUT2D eigenvalue weighted by Crippen LogP contribution is -3.19. The molecule has 1 amide bonds. The summed E-state index contributed by atoms with van der Waals surface area (Å²) in [5.41, 5.74) is 7.29. The van der Waals surface area contributed by atoms with E-state index in [0.717, 1.165) is 37.4 Å². The highest BCUT2D eigenvalue weighted by molar-refractivity contribution is 5.94. The van der Waals surface area contributed by atoms with Crippen LogP contribution in [-0.4, -0.2) is 38.1 Å². The van der Waals surface area contributed by atoms with Crippen LogP contribution in [0.1, 0.15) is 29.2 Å². The predicted octanol–water partition coefficient (Wildman–Crippen LogP) is 2.65. The Morgan fingerprint density at radius 1 is 1.04 bits per heavy atom. The minimum atomic E-state index is -0.0496. The van der Waals surface area contributed by atoms with E-state index < -0.39 is 0 Å². The maximum Gasteiger partial charge on any atom is 0.282 e. The lowest BCUT2D eigenvalue weighted by Gasteiger charge is -2.36. The number of anilines is 2. The van der Waals surface area contributed by atoms with Crippen LogP contribution in [0.25, 0.3) is 0 Å². The van der Waals surface area contributed by atoms with Gasteiger partial charge in [0.1, 0.15) is 0 Å². The van der Waals surface area contributed by atoms with E-state index in [2.05, 4.69) is 55.3 Å². The Bertz CT molecular complexity index is 822. The summed E-state index contributed by atoms with van der Waals surface area (Å²) in [6.07, 6.45) is 0. The Hall–Kier alpha value is -2.33. The summed E-state index contributed by atoms with van der Waals surface area (Å²) in [4.78, 5) is 16.6. The number of carbonyl (C=O) groups is 1. The maximum atomic E-state index is 12.8. The van der Waals surface area contributed by atoms with Crippen LogP contribution in [0.3, 0.4) is 0 Å². The molecule has 4 heteroatoms. The van der Waals surface area contributed by atoms with Crippen LogP contribution in [0.2, 0.25) is 0 Å². The van der Waals surface area contributed by atoms with Crippen molar-refractivity contribution in [1.82, 2.24) is 0 Å². The second-order valence-electron chi connectivity index (χ2n) is 7.89. The zero-order chi connectivity index (χ0) is 19.6. The van der Waals surface area contributed by atoms with Gasteiger partial charge in [-0.1, -0.05) is 29.8 Å². The van der Waals surface area contributed by atoms with Crippen LogP contribution < -0.4 is 15.1 Å². The summed E-state index contributed by atoms with van der Waals surface area (Å²) in [5.74, 6) is 0.108. The topological polar surface area (TPSA) is 36.8 Å². The SMILES string of the molecule is Cc1ccc(NC(=O)[C@H](C)[NH+]2CCN(c3cccc(C)c3C)CC2)c(C)c1. The number of hydrogen-bond donors (Lipinski definition) is 2. The molecule has 1 aliphatic rings. The van der Waals surface area contributed by atoms with Gasteiger partial charge >= 0.3 is 0 Å². The third-order valence-electron chi connectivity index (χ3n) is 5.97. The standard InChI is InChI=1S/C23H31N3O/c1-16-9-10-21(18(3)15-16)24-23(27)20(5)25-11-13-26(14-12-25)22-8-6-7-17(2)19(22)4/h6-10,15,20H,11-14H2,1-5H3,(H,24,27)/p+1/t20-/m0/s1. The molecule has 27 heavy (non-hydrogen) atoms. The minimum absolute atomic E-state index is 0.0496. The number of piperazine rings is 1. The molecule has 144 valence electrons. The zero-order valence-corrected chi connectivity index (χ0v) is 17.2. The minimum Gasteiger partial charge on any atom is -0.360 e. The molecule has 3 rings (SSSR count). The monoisotopic (exact) mass is 366 g/mol. The number of nitrogens with one attached hydrogen (secondary N) is 2. The summed E-state index contributed by atoms with van der Waals surface area (Å²) in [5, 5.41) is 3.12. The van der Waals surface area contributed by atoms with Gasteiger partial charge in [-0.05, 0) is 63.4 Å². The largest absolute Gasteiger partial charge is 0.360 e. The normalized spacial score (nSPS) is 16.3. The van der Waals surface area contributed by atoms with Gasteiger partial charge in [-0.15, -0.1) is 0 Å². The Labute approximate surface area is 163 Å². The number of nitrogens with zero attached hydrogens (tertiary/aromatic N) is 1. The number of quaternary nitrogens is 1. The third-order valence-corrected chi connectivity index (χ3v) is 5.97. The summed E-state index contributed by atoms with van der Waals surface area (Å²) in [7, 11) is 0. The maximum absolute atomic E-state index is 12.8. The highest BCUT2D eigenvalue weighted by Gasteiger charge is 2.29. The van der Waals surface area contributed by atoms with Gasteiger partial charge in [-0.25, -0.2) is 0 Å². The van der Waals surface area contributed by atoms with Crippen molar-refractivity contribution in [3.8, 4) is 0 Å². The molecule has 0 bridgehead atoms. The fourth-order valence-electron chi connectivity index (χ4n) is 3.93. The molecular weight excluding hydrogens is 334 g/mol. The van der Waals surface area contributed by atoms with Crippen LogP contribution in [0, 0.1) is 27.7 Å². The fourth-order valence-corrected chi connectivity index (χ4v) is 3.93. The Kier molecular flexibility index (Phi) is 5.85. The van der Waals surface area contributed by atoms with Gasteiger partial charge in [0.05, 0.1) is 26.2 Å². The van der Waals surface area contributed by atoms with E-state index in [-0.39, 0.29) is 11.9 Å². The Morgan fingerprint density at radius 2 is 1.74 bits per heavy atom. The number of carbonyl (C=O) groups excluding carboxylic acids is 1. The highest BCUT2D eigenvalue weighted by atomic mass is 16.2. The molecule has 0 spiro atoms. The van der Waals surface area contributed by atoms with Gasteiger partial charge in [0, 0.05) is 11.4 Å². The van der Waals surface area contributed by atoms with E-state index in [1.807, 2.05) is 26.0 Å². The van der Waals surface area contributed by atoms with Crippen LogP contribution in [-0.2, 0) is 4.79 Å². The van der Waals surface area contributed by atoms with E-state index in [1.54, 1.807) is 0 Å². The Balaban J connectivity index is 1.60. The van der Waals surface area contributed by atoms with E-state index in [9.17, 15) is 4.79 Å². The highest BCUT2D eigenvalue weighted by Crippen LogP contribution is 2.22. The molecule has 4 nitrogen and oxygen atoms in total. The van der Waals surface area contributed by atoms with Gasteiger partial charge in [0.2, 0.25) is 0 Å². The number of amides is 1. The van der Waals surface area contributed by atoms with Crippen LogP contribution in [0.5, 0.6) is 0 Å². The molecule has 1 fully saturated rings. The van der Waals surface area contributed by atoms with Crippen LogP contribution in [0.4, 0.5) is 11.4 Å². The number of rotatable bonds is 4. The average Bonchev–Trinajstić information content (AvgIpc) is 2.66. The fraction of sp³-hybridized carbons (Fsp3) is 0.435. The van der Waals surface area contributed by atoms with Crippen molar-refractivity contribution in [3.63, 3.8) is 0 Å². The third kappa shape index (κ3) is 4.33. The van der Waals surface area contributed by atoms with Gasteiger partial charge in [-0.3, -0.25) is 4.79 Å². The first-order valence-electron chi connectivity index (χ1n) is 9.90. The van der Waals surface area contributed by atoms with Crippen molar-refractivity contribution in [3.05, 3.63) is 58.7 Å². The quantitative estimate of drug-likeness (QED) is 0.873. The second-order valence-corrected chi connectivity index (χ2v) is 7.89. The molecule has 2 aromatic carbocycles. The van der Waals surface area contributed by atoms with Crippen molar-refractivity contribution in [2.75, 3.05) is 36.4 Å². The Morgan fingerprint density at radius 3 is 2.41 bits per heavy atom. The van der Waals surface area contributed by atoms with Crippen molar-refractivity contribution >= 4 is 17.3 Å². The lowest BCUT2D eigenvalue weighted by molar-refractivity contribution is -0.914. The molecule has 1 saturated heterocycles. The molecule has 1 aliphatic heterocycles. The predicted molar refractivity (Wildman–Crippen MR) is 113 cm³/mol. The molecule has 0 unspecified atom stereocenters. The first kappa shape index (κ1) is 19.4. The van der Waals surface area contributed by atoms with E-state index in [1.165, 1.54) is 27.3 Å². The van der Waals surface area contributed by atoms with Crippen molar-refractivity contribution in [2.45, 2.75) is 40.7 Å². The van der Waals surface area contributed by atoms with Gasteiger partial charge in [-0.2, -0.15) is 0 Å². The summed E-state index contributed by atoms with van der Waals surface area (Å²) < 4.78 is 0. The molecule has 0 radical (unpaired) electrons. The molecule has 2 aromatic rings. The number of aryl methyl sites for hydroxylation is 3. The summed E-state index contributed by atoms with van der Waals surface area (Å²) in [6, 6.07) is 12.6. The number of hydrogen-bond acceptors (Lipinski definition) is 2. The second kappa shape index (κ2) is 8.13. The molecule has 0 aliphatic carbocycles. The summed E-state index contributed by atoms with van der Waals surface area (Å²) in [6.45, 7) is 14.5. The smallest absolute Gasteiger partial charge is 0.282 e. The number of benzene rings is 2. The van der Waals surface area contributed by atoms with E-state index in [4.69, 9.17) is 0 Å². The molecular formula is C23H32N3O+. The van der Waals surface area contributed by atoms with E-state index >= 15 is 0 Å². The van der Waals surface area contributed by atoms with Crippen molar-refractivity contribution in [2.24, 2.45) is 0 Å². The first-order valence-corrected chi connectivity index (χ1v) is 9.90. The molecule has 0 aromatic heterocycles. The first-order chi connectivity index (χ1) is 12.9. The van der Waals surface area contributed by atoms with Gasteiger partial charge in [0.15, 0.2) is 6.04 Å². The van der Waals surface area contributed by atoms with E-state index in [0.29, 0.717) is 0 Å². The lowest BCUT2D eigenvalue weighted by atomic mass is 10.1. The average molecular weight is 367 g/mol. The molecule has 1 atom stereocenters. The summed E-state index contributed by atoms with van der Waals surface area (Å²) >= 11 is 0. The molecule has 1 heterocycles. The van der Waals surface area contributed by atoms with Crippen molar-refractivity contribution in [1.29, 1.82) is 0 Å². The van der Waals surface area contributed by atoms with Gasteiger partial charge < -0.3 is 15.1 Å².